The molecule has 0 aliphatic heterocycles. The summed E-state index contributed by atoms with van der Waals surface area (Å²) in [4.78, 5) is 0. The van der Waals surface area contributed by atoms with Gasteiger partial charge in [-0.15, -0.1) is 0 Å². The van der Waals surface area contributed by atoms with Crippen molar-refractivity contribution in [1.82, 2.24) is 0 Å². The molecule has 0 atom stereocenters. The van der Waals surface area contributed by atoms with Crippen LogP contribution in [0.1, 0.15) is 27.8 Å². The monoisotopic (exact) mass is 376 g/mol. The molecule has 0 fully saturated rings. The van der Waals surface area contributed by atoms with Gasteiger partial charge in [-0.05, 0) is 91.3 Å². The summed E-state index contributed by atoms with van der Waals surface area (Å²) in [5.74, 6) is 0. The molecule has 0 saturated carbocycles. The molecule has 0 heteroatoms. The van der Waals surface area contributed by atoms with Crippen LogP contribution in [0.25, 0.3) is 33.4 Å². The molecule has 0 aliphatic carbocycles. The van der Waals surface area contributed by atoms with E-state index in [1.54, 1.807) is 0 Å². The van der Waals surface area contributed by atoms with Crippen molar-refractivity contribution in [2.75, 3.05) is 0 Å². The van der Waals surface area contributed by atoms with Crippen molar-refractivity contribution in [2.24, 2.45) is 0 Å². The maximum Gasteiger partial charge on any atom is -0.0175 e. The van der Waals surface area contributed by atoms with Crippen LogP contribution in [0.4, 0.5) is 0 Å². The van der Waals surface area contributed by atoms with E-state index >= 15 is 0 Å². The third-order valence-corrected chi connectivity index (χ3v) is 5.39. The second kappa shape index (κ2) is 7.72. The predicted octanol–water partition coefficient (Wildman–Crippen LogP) is 8.23. The Labute approximate surface area is 174 Å². The van der Waals surface area contributed by atoms with Gasteiger partial charge in [0.1, 0.15) is 0 Å². The van der Waals surface area contributed by atoms with Gasteiger partial charge in [0, 0.05) is 0 Å². The van der Waals surface area contributed by atoms with Crippen molar-refractivity contribution in [1.29, 1.82) is 0 Å². The zero-order valence-electron chi connectivity index (χ0n) is 18.0. The molecule has 0 saturated heterocycles. The van der Waals surface area contributed by atoms with Crippen molar-refractivity contribution < 1.29 is 0 Å². The molecule has 29 heavy (non-hydrogen) atoms. The van der Waals surface area contributed by atoms with Gasteiger partial charge in [0.25, 0.3) is 0 Å². The first kappa shape index (κ1) is 19.2. The molecule has 0 N–H and O–H groups in total. The Kier molecular flexibility index (Phi) is 5.11. The molecule has 0 heterocycles. The Morgan fingerprint density at radius 2 is 0.655 bits per heavy atom. The fourth-order valence-corrected chi connectivity index (χ4v) is 4.20. The van der Waals surface area contributed by atoms with E-state index < -0.39 is 0 Å². The van der Waals surface area contributed by atoms with E-state index in [1.165, 1.54) is 61.2 Å². The first-order chi connectivity index (χ1) is 13.9. The Morgan fingerprint density at radius 1 is 0.310 bits per heavy atom. The van der Waals surface area contributed by atoms with E-state index in [0.717, 1.165) is 0 Å². The average Bonchev–Trinajstić information content (AvgIpc) is 2.66. The number of rotatable bonds is 3. The molecule has 4 aromatic carbocycles. The zero-order valence-corrected chi connectivity index (χ0v) is 18.0. The minimum absolute atomic E-state index is 1.27. The van der Waals surface area contributed by atoms with Crippen molar-refractivity contribution in [3.63, 3.8) is 0 Å². The van der Waals surface area contributed by atoms with Gasteiger partial charge in [0.15, 0.2) is 0 Å². The Hall–Kier alpha value is -3.12. The molecule has 0 amide bonds. The van der Waals surface area contributed by atoms with Gasteiger partial charge in [-0.1, -0.05) is 83.4 Å². The Balaban J connectivity index is 1.84. The molecule has 0 nitrogen and oxygen atoms in total. The van der Waals surface area contributed by atoms with Gasteiger partial charge >= 0.3 is 0 Å². The second-order valence-electron chi connectivity index (χ2n) is 8.42. The third-order valence-electron chi connectivity index (χ3n) is 5.39. The molecule has 144 valence electrons. The maximum atomic E-state index is 2.33. The SMILES string of the molecule is Cc1cccc(-c2cc(C)cc(-c3cc(C)cc(-c4cc(C)cc(C)c4)c3)c2)c1. The van der Waals surface area contributed by atoms with Crippen LogP contribution >= 0.6 is 0 Å². The van der Waals surface area contributed by atoms with Crippen LogP contribution in [0, 0.1) is 34.6 Å². The summed E-state index contributed by atoms with van der Waals surface area (Å²) in [5, 5.41) is 0. The van der Waals surface area contributed by atoms with Crippen molar-refractivity contribution in [3.8, 4) is 33.4 Å². The first-order valence-corrected chi connectivity index (χ1v) is 10.3. The van der Waals surface area contributed by atoms with Crippen LogP contribution in [0.3, 0.4) is 0 Å². The summed E-state index contributed by atoms with van der Waals surface area (Å²) in [6.45, 7) is 10.9. The molecule has 0 bridgehead atoms. The summed E-state index contributed by atoms with van der Waals surface area (Å²) < 4.78 is 0. The van der Waals surface area contributed by atoms with E-state index in [2.05, 4.69) is 113 Å². The van der Waals surface area contributed by atoms with Crippen LogP contribution < -0.4 is 0 Å². The topological polar surface area (TPSA) is 0 Å². The van der Waals surface area contributed by atoms with Gasteiger partial charge in [-0.25, -0.2) is 0 Å². The van der Waals surface area contributed by atoms with Gasteiger partial charge in [-0.3, -0.25) is 0 Å². The molecular formula is C29H28. The lowest BCUT2D eigenvalue weighted by atomic mass is 9.92. The van der Waals surface area contributed by atoms with E-state index in [-0.39, 0.29) is 0 Å². The molecular weight excluding hydrogens is 348 g/mol. The number of hydrogen-bond acceptors (Lipinski definition) is 0. The molecule has 0 radical (unpaired) electrons. The Morgan fingerprint density at radius 3 is 1.10 bits per heavy atom. The summed E-state index contributed by atoms with van der Waals surface area (Å²) in [6.07, 6.45) is 0. The lowest BCUT2D eigenvalue weighted by Gasteiger charge is -2.13. The van der Waals surface area contributed by atoms with Gasteiger partial charge in [-0.2, -0.15) is 0 Å². The lowest BCUT2D eigenvalue weighted by Crippen LogP contribution is -1.89. The molecule has 4 rings (SSSR count). The number of aryl methyl sites for hydroxylation is 5. The average molecular weight is 377 g/mol. The van der Waals surface area contributed by atoms with Gasteiger partial charge in [0.05, 0.1) is 0 Å². The van der Waals surface area contributed by atoms with Crippen LogP contribution in [-0.4, -0.2) is 0 Å². The normalized spacial score (nSPS) is 10.9. The first-order valence-electron chi connectivity index (χ1n) is 10.3. The van der Waals surface area contributed by atoms with Crippen LogP contribution in [0.5, 0.6) is 0 Å². The van der Waals surface area contributed by atoms with Crippen molar-refractivity contribution >= 4 is 0 Å². The smallest absolute Gasteiger partial charge is 0.0175 e. The quantitative estimate of drug-likeness (QED) is 0.338. The molecule has 0 unspecified atom stereocenters. The summed E-state index contributed by atoms with van der Waals surface area (Å²) in [6, 6.07) is 29.3. The van der Waals surface area contributed by atoms with Gasteiger partial charge < -0.3 is 0 Å². The minimum Gasteiger partial charge on any atom is -0.0614 e. The van der Waals surface area contributed by atoms with E-state index in [0.29, 0.717) is 0 Å². The number of hydrogen-bond donors (Lipinski definition) is 0. The molecule has 0 aliphatic rings. The summed E-state index contributed by atoms with van der Waals surface area (Å²) in [7, 11) is 0. The lowest BCUT2D eigenvalue weighted by molar-refractivity contribution is 1.37. The highest BCUT2D eigenvalue weighted by Gasteiger charge is 2.08. The largest absolute Gasteiger partial charge is 0.0614 e. The summed E-state index contributed by atoms with van der Waals surface area (Å²) in [5.41, 5.74) is 14.1. The fraction of sp³-hybridized carbons (Fsp3) is 0.172. The van der Waals surface area contributed by atoms with Gasteiger partial charge in [0.2, 0.25) is 0 Å². The number of benzene rings is 4. The standard InChI is InChI=1S/C29H28/c1-19-7-6-8-24(10-19)26-13-22(4)15-28(17-26)29-16-23(5)14-27(18-29)25-11-20(2)9-21(3)12-25/h6-18H,1-5H3. The minimum atomic E-state index is 1.27. The second-order valence-corrected chi connectivity index (χ2v) is 8.42. The molecule has 0 aromatic heterocycles. The van der Waals surface area contributed by atoms with Crippen molar-refractivity contribution in [2.45, 2.75) is 34.6 Å². The van der Waals surface area contributed by atoms with Crippen molar-refractivity contribution in [3.05, 3.63) is 107 Å². The highest BCUT2D eigenvalue weighted by molar-refractivity contribution is 5.78. The maximum absolute atomic E-state index is 2.33. The Bertz CT molecular complexity index is 1170. The molecule has 4 aromatic rings. The van der Waals surface area contributed by atoms with E-state index in [9.17, 15) is 0 Å². The van der Waals surface area contributed by atoms with E-state index in [1.807, 2.05) is 0 Å². The molecule has 0 spiro atoms. The van der Waals surface area contributed by atoms with E-state index in [4.69, 9.17) is 0 Å². The predicted molar refractivity (Wildman–Crippen MR) is 126 cm³/mol. The fourth-order valence-electron chi connectivity index (χ4n) is 4.20. The third kappa shape index (κ3) is 4.32. The van der Waals surface area contributed by atoms with Crippen LogP contribution in [0.2, 0.25) is 0 Å². The summed E-state index contributed by atoms with van der Waals surface area (Å²) >= 11 is 0. The van der Waals surface area contributed by atoms with Crippen LogP contribution in [-0.2, 0) is 0 Å². The highest BCUT2D eigenvalue weighted by atomic mass is 14.1. The van der Waals surface area contributed by atoms with Crippen LogP contribution in [0.15, 0.2) is 78.9 Å². The highest BCUT2D eigenvalue weighted by Crippen LogP contribution is 2.32. The zero-order chi connectivity index (χ0) is 20.5.